The average Bonchev–Trinajstić information content (AvgIpc) is 3.30. The van der Waals surface area contributed by atoms with E-state index in [1.807, 2.05) is 33.5 Å². The molecule has 0 atom stereocenters. The second-order valence-corrected chi connectivity index (χ2v) is 8.89. The van der Waals surface area contributed by atoms with Crippen molar-refractivity contribution in [1.82, 2.24) is 0 Å². The summed E-state index contributed by atoms with van der Waals surface area (Å²) in [6.07, 6.45) is 9.37. The van der Waals surface area contributed by atoms with Crippen molar-refractivity contribution < 1.29 is 57.8 Å². The molecule has 0 spiro atoms. The molecule has 158 valence electrons. The van der Waals surface area contributed by atoms with E-state index in [1.165, 1.54) is 56.7 Å². The van der Waals surface area contributed by atoms with Crippen LogP contribution < -0.4 is 24.8 Å². The summed E-state index contributed by atoms with van der Waals surface area (Å²) in [6, 6.07) is 20.4. The van der Waals surface area contributed by atoms with Gasteiger partial charge in [-0.3, -0.25) is 0 Å². The molecular formula is C25H24Cl2F2Zr-2. The van der Waals surface area contributed by atoms with Crippen LogP contribution >= 0.6 is 0 Å². The molecule has 2 aliphatic rings. The first kappa shape index (κ1) is 27.0. The quantitative estimate of drug-likeness (QED) is 0.236. The molecule has 30 heavy (non-hydrogen) atoms. The number of rotatable bonds is 0. The van der Waals surface area contributed by atoms with E-state index in [0.717, 1.165) is 22.3 Å². The molecule has 2 aliphatic carbocycles. The Bertz CT molecular complexity index is 831. The summed E-state index contributed by atoms with van der Waals surface area (Å²) < 4.78 is 27.7. The van der Waals surface area contributed by atoms with Crippen LogP contribution in [0.3, 0.4) is 0 Å². The van der Waals surface area contributed by atoms with Crippen molar-refractivity contribution in [2.45, 2.75) is 44.9 Å². The van der Waals surface area contributed by atoms with E-state index in [1.54, 1.807) is 36.4 Å². The fourth-order valence-electron chi connectivity index (χ4n) is 3.54. The van der Waals surface area contributed by atoms with Gasteiger partial charge in [-0.05, 0) is 24.1 Å². The second kappa shape index (κ2) is 14.1. The SMILES string of the molecule is Fc1[c-]c2c(cc1)-c1ccc(F)cc1C2.[Cl-].[Cl-].[Zr+2]=[C]1CCCCCC1.c1cc[cH-]c1. The summed E-state index contributed by atoms with van der Waals surface area (Å²) in [5.74, 6) is -0.607. The predicted molar refractivity (Wildman–Crippen MR) is 108 cm³/mol. The van der Waals surface area contributed by atoms with Crippen LogP contribution in [0.5, 0.6) is 0 Å². The molecule has 0 N–H and O–H groups in total. The van der Waals surface area contributed by atoms with Crippen molar-refractivity contribution in [3.05, 3.63) is 89.5 Å². The molecular weight excluding hydrogens is 500 g/mol. The van der Waals surface area contributed by atoms with Gasteiger partial charge in [-0.2, -0.15) is 24.3 Å². The number of hydrogen-bond donors (Lipinski definition) is 0. The Morgan fingerprint density at radius 1 is 0.833 bits per heavy atom. The average molecular weight is 525 g/mol. The third-order valence-corrected chi connectivity index (χ3v) is 6.21. The van der Waals surface area contributed by atoms with Gasteiger partial charge in [0, 0.05) is 5.82 Å². The first-order valence-electron chi connectivity index (χ1n) is 9.86. The zero-order chi connectivity index (χ0) is 19.8. The van der Waals surface area contributed by atoms with Crippen LogP contribution in [0.1, 0.15) is 49.7 Å². The maximum absolute atomic E-state index is 13.0. The van der Waals surface area contributed by atoms with Crippen molar-refractivity contribution >= 4 is 3.21 Å². The largest absolute Gasteiger partial charge is 0.214 e. The van der Waals surface area contributed by atoms with E-state index in [2.05, 4.69) is 6.07 Å². The smallest absolute Gasteiger partial charge is 0.172 e. The van der Waals surface area contributed by atoms with Gasteiger partial charge in [0.05, 0.1) is 0 Å². The molecule has 3 aromatic rings. The van der Waals surface area contributed by atoms with E-state index < -0.39 is 0 Å². The summed E-state index contributed by atoms with van der Waals surface area (Å²) in [4.78, 5) is 0. The number of benzene rings is 2. The monoisotopic (exact) mass is 522 g/mol. The first-order chi connectivity index (χ1) is 13.6. The van der Waals surface area contributed by atoms with Crippen LogP contribution in [-0.4, -0.2) is 3.21 Å². The molecule has 0 aromatic heterocycles. The van der Waals surface area contributed by atoms with Crippen LogP contribution in [0, 0.1) is 17.7 Å². The molecule has 0 radical (unpaired) electrons. The fourth-order valence-corrected chi connectivity index (χ4v) is 4.41. The van der Waals surface area contributed by atoms with Gasteiger partial charge in [-0.15, -0.1) is 23.3 Å². The molecule has 5 heteroatoms. The van der Waals surface area contributed by atoms with Crippen LogP contribution in [0.25, 0.3) is 11.1 Å². The maximum atomic E-state index is 13.0. The Kier molecular flexibility index (Phi) is 12.7. The maximum Gasteiger partial charge on any atom is -0.172 e. The molecule has 0 heterocycles. The molecule has 0 saturated heterocycles. The van der Waals surface area contributed by atoms with E-state index >= 15 is 0 Å². The van der Waals surface area contributed by atoms with Gasteiger partial charge < -0.3 is 24.8 Å². The minimum Gasteiger partial charge on any atom is -0.214 e. The Morgan fingerprint density at radius 3 is 2.07 bits per heavy atom. The minimum absolute atomic E-state index is 0. The molecule has 0 amide bonds. The topological polar surface area (TPSA) is 0 Å². The van der Waals surface area contributed by atoms with E-state index in [9.17, 15) is 8.78 Å². The standard InChI is InChI=1S/C13H7F2.C7H12.C5H5.2ClH.Zr/c14-10-1-3-12-8(6-10)5-9-7-11(15)2-4-13(9)12;1-2-4-6-7-5-3-1;1-2-4-5-3-1;;;/h1-4,6H,5H2;1-6H2;1-5H;2*1H;/q-1;;-1;;;+2/p-2. The van der Waals surface area contributed by atoms with E-state index in [4.69, 9.17) is 0 Å². The van der Waals surface area contributed by atoms with Crippen LogP contribution in [0.2, 0.25) is 0 Å². The predicted octanol–water partition coefficient (Wildman–Crippen LogP) is 0.809. The first-order valence-corrected chi connectivity index (χ1v) is 11.1. The van der Waals surface area contributed by atoms with Gasteiger partial charge in [0.1, 0.15) is 5.82 Å². The van der Waals surface area contributed by atoms with Crippen LogP contribution in [-0.2, 0) is 30.7 Å². The zero-order valence-electron chi connectivity index (χ0n) is 16.7. The van der Waals surface area contributed by atoms with Crippen molar-refractivity contribution in [1.29, 1.82) is 0 Å². The molecule has 5 rings (SSSR count). The molecule has 0 unspecified atom stereocenters. The van der Waals surface area contributed by atoms with Crippen molar-refractivity contribution in [2.24, 2.45) is 0 Å². The summed E-state index contributed by atoms with van der Waals surface area (Å²) in [6.45, 7) is 0. The Balaban J connectivity index is 0.000000255. The van der Waals surface area contributed by atoms with E-state index in [0.29, 0.717) is 6.42 Å². The molecule has 1 saturated carbocycles. The van der Waals surface area contributed by atoms with Crippen molar-refractivity contribution in [3.8, 4) is 11.1 Å². The van der Waals surface area contributed by atoms with Gasteiger partial charge >= 0.3 is 66.0 Å². The summed E-state index contributed by atoms with van der Waals surface area (Å²) in [5, 5.41) is 0. The normalized spacial score (nSPS) is 13.7. The molecule has 0 bridgehead atoms. The van der Waals surface area contributed by atoms with E-state index in [-0.39, 0.29) is 36.4 Å². The van der Waals surface area contributed by atoms with Gasteiger partial charge in [0.2, 0.25) is 0 Å². The third-order valence-electron chi connectivity index (χ3n) is 4.98. The van der Waals surface area contributed by atoms with Crippen molar-refractivity contribution in [2.75, 3.05) is 0 Å². The molecule has 3 aromatic carbocycles. The molecule has 0 nitrogen and oxygen atoms in total. The van der Waals surface area contributed by atoms with Crippen molar-refractivity contribution in [3.63, 3.8) is 0 Å². The Hall–Kier alpha value is -1.02. The number of hydrogen-bond acceptors (Lipinski definition) is 0. The fraction of sp³-hybridized carbons (Fsp3) is 0.280. The van der Waals surface area contributed by atoms with Gasteiger partial charge in [0.15, 0.2) is 0 Å². The Labute approximate surface area is 205 Å². The summed E-state index contributed by atoms with van der Waals surface area (Å²) in [7, 11) is 0. The van der Waals surface area contributed by atoms with Crippen LogP contribution in [0.4, 0.5) is 8.78 Å². The summed E-state index contributed by atoms with van der Waals surface area (Å²) >= 11 is 1.69. The summed E-state index contributed by atoms with van der Waals surface area (Å²) in [5.41, 5.74) is 3.68. The zero-order valence-corrected chi connectivity index (χ0v) is 20.7. The number of fused-ring (bicyclic) bond motifs is 3. The molecule has 0 aliphatic heterocycles. The van der Waals surface area contributed by atoms with Crippen LogP contribution in [0.15, 0.2) is 60.7 Å². The molecule has 1 fully saturated rings. The third kappa shape index (κ3) is 8.25. The minimum atomic E-state index is -0.359. The Morgan fingerprint density at radius 2 is 1.47 bits per heavy atom. The van der Waals surface area contributed by atoms with Gasteiger partial charge in [0.25, 0.3) is 0 Å². The number of halogens is 4. The van der Waals surface area contributed by atoms with Gasteiger partial charge in [-0.1, -0.05) is 11.6 Å². The van der Waals surface area contributed by atoms with Gasteiger partial charge in [-0.25, -0.2) is 20.9 Å². The second-order valence-electron chi connectivity index (χ2n) is 7.16.